The first kappa shape index (κ1) is 35.3. The molecule has 0 saturated carbocycles. The number of ketones is 1. The maximum Gasteiger partial charge on any atom is 1.00 e. The van der Waals surface area contributed by atoms with E-state index >= 15 is 0 Å². The van der Waals surface area contributed by atoms with E-state index in [2.05, 4.69) is 0 Å². The van der Waals surface area contributed by atoms with Crippen LogP contribution in [0.15, 0.2) is 87.5 Å². The zero-order valence-electron chi connectivity index (χ0n) is 19.0. The Hall–Kier alpha value is -0.864. The molecule has 8 heteroatoms. The normalized spacial score (nSPS) is 9.94. The molecule has 3 aromatic carbocycles. The molecule has 0 fully saturated rings. The van der Waals surface area contributed by atoms with Crippen LogP contribution in [0, 0.1) is 11.8 Å². The van der Waals surface area contributed by atoms with Gasteiger partial charge in [-0.25, -0.2) is 0 Å². The SMILES string of the molecule is C.CSc1ccc(C(=O)C(O)c2ccc(SC)cc2)cc1.CSc1ccc(C=O)cc1.[C-]#N.[K+]. The molecular weight excluding hydrogens is 510 g/mol. The Morgan fingerprint density at radius 2 is 1.15 bits per heavy atom. The van der Waals surface area contributed by atoms with E-state index in [0.717, 1.165) is 21.6 Å². The Balaban J connectivity index is 0. The number of carbonyl (C=O) groups is 2. The largest absolute Gasteiger partial charge is 1.00 e. The molecule has 0 radical (unpaired) electrons. The van der Waals surface area contributed by atoms with Gasteiger partial charge >= 0.3 is 51.4 Å². The molecule has 3 aromatic rings. The molecule has 4 nitrogen and oxygen atoms in total. The van der Waals surface area contributed by atoms with Gasteiger partial charge in [0.2, 0.25) is 0 Å². The van der Waals surface area contributed by atoms with Gasteiger partial charge in [-0.3, -0.25) is 9.59 Å². The van der Waals surface area contributed by atoms with E-state index in [-0.39, 0.29) is 64.6 Å². The smallest absolute Gasteiger partial charge is 0.512 e. The van der Waals surface area contributed by atoms with E-state index < -0.39 is 6.10 Å². The minimum Gasteiger partial charge on any atom is -0.512 e. The maximum atomic E-state index is 12.2. The summed E-state index contributed by atoms with van der Waals surface area (Å²) in [6.45, 7) is 4.75. The average Bonchev–Trinajstić information content (AvgIpc) is 2.89. The van der Waals surface area contributed by atoms with E-state index in [4.69, 9.17) is 11.8 Å². The van der Waals surface area contributed by atoms with Gasteiger partial charge in [-0.1, -0.05) is 43.8 Å². The van der Waals surface area contributed by atoms with E-state index in [1.54, 1.807) is 59.6 Å². The quantitative estimate of drug-likeness (QED) is 0.160. The number of hydrogen-bond donors (Lipinski definition) is 1. The Kier molecular flexibility index (Phi) is 21.1. The van der Waals surface area contributed by atoms with Crippen LogP contribution >= 0.6 is 35.3 Å². The van der Waals surface area contributed by atoms with Crippen molar-refractivity contribution in [3.8, 4) is 0 Å². The van der Waals surface area contributed by atoms with Gasteiger partial charge in [0.15, 0.2) is 5.78 Å². The molecule has 174 valence electrons. The van der Waals surface area contributed by atoms with Crippen LogP contribution in [0.3, 0.4) is 0 Å². The number of benzene rings is 3. The molecular formula is C26H28KNO3S3. The Bertz CT molecular complexity index is 993. The fourth-order valence-electron chi connectivity index (χ4n) is 2.53. The molecule has 0 aliphatic heterocycles. The van der Waals surface area contributed by atoms with Crippen molar-refractivity contribution in [1.29, 1.82) is 5.26 Å². The number of thioether (sulfide) groups is 3. The molecule has 0 aliphatic rings. The van der Waals surface area contributed by atoms with Crippen molar-refractivity contribution < 1.29 is 66.1 Å². The van der Waals surface area contributed by atoms with Crippen LogP contribution in [0.4, 0.5) is 0 Å². The summed E-state index contributed by atoms with van der Waals surface area (Å²) in [5.41, 5.74) is 1.89. The number of nitrogens with zero attached hydrogens (tertiary/aromatic N) is 1. The maximum absolute atomic E-state index is 12.2. The summed E-state index contributed by atoms with van der Waals surface area (Å²) < 4.78 is 0. The second kappa shape index (κ2) is 20.3. The van der Waals surface area contributed by atoms with Gasteiger partial charge in [-0.2, -0.15) is 0 Å². The first-order chi connectivity index (χ1) is 15.5. The molecule has 34 heavy (non-hydrogen) atoms. The molecule has 0 aliphatic carbocycles. The number of aliphatic hydroxyl groups is 1. The molecule has 1 unspecified atom stereocenters. The summed E-state index contributed by atoms with van der Waals surface area (Å²) >= 11 is 4.92. The number of hydrogen-bond acceptors (Lipinski definition) is 7. The van der Waals surface area contributed by atoms with Gasteiger partial charge in [0.25, 0.3) is 0 Å². The number of carbonyl (C=O) groups excluding carboxylic acids is 2. The van der Waals surface area contributed by atoms with Gasteiger partial charge in [-0.05, 0) is 60.7 Å². The molecule has 1 N–H and O–H groups in total. The van der Waals surface area contributed by atoms with Crippen LogP contribution in [0.5, 0.6) is 0 Å². The second-order valence-electron chi connectivity index (χ2n) is 6.16. The summed E-state index contributed by atoms with van der Waals surface area (Å²) in [6.07, 6.45) is 5.73. The van der Waals surface area contributed by atoms with E-state index in [1.165, 1.54) is 4.90 Å². The topological polar surface area (TPSA) is 78.2 Å². The van der Waals surface area contributed by atoms with Crippen molar-refractivity contribution in [1.82, 2.24) is 0 Å². The van der Waals surface area contributed by atoms with E-state index in [0.29, 0.717) is 11.1 Å². The van der Waals surface area contributed by atoms with Gasteiger partial charge < -0.3 is 16.9 Å². The van der Waals surface area contributed by atoms with E-state index in [1.807, 2.05) is 67.3 Å². The number of Topliss-reactive ketones (excluding diaryl/α,β-unsaturated/α-hetero) is 1. The van der Waals surface area contributed by atoms with Crippen molar-refractivity contribution in [2.24, 2.45) is 0 Å². The van der Waals surface area contributed by atoms with Gasteiger partial charge in [0, 0.05) is 25.8 Å². The minimum atomic E-state index is -1.11. The molecule has 1 atom stereocenters. The summed E-state index contributed by atoms with van der Waals surface area (Å²) in [5, 5.41) is 16.4. The minimum absolute atomic E-state index is 0. The zero-order chi connectivity index (χ0) is 23.9. The number of rotatable bonds is 7. The van der Waals surface area contributed by atoms with Crippen molar-refractivity contribution in [3.63, 3.8) is 0 Å². The molecule has 0 saturated heterocycles. The molecule has 0 bridgehead atoms. The molecule has 0 heterocycles. The van der Waals surface area contributed by atoms with Crippen molar-refractivity contribution in [3.05, 3.63) is 96.1 Å². The standard InChI is InChI=1S/C16H16O2S2.C8H8OS.CN.CH4.K/c1-19-13-7-3-11(4-8-13)15(17)16(18)12-5-9-14(20-2)10-6-12;1-10-8-4-2-7(6-9)3-5-8;1-2;;/h3-10,15,17H,1-2H3;2-6H,1H3;;1H4;/q;;-1;;+1. The van der Waals surface area contributed by atoms with Crippen LogP contribution in [0.25, 0.3) is 0 Å². The van der Waals surface area contributed by atoms with Gasteiger partial charge in [0.1, 0.15) is 12.4 Å². The average molecular weight is 538 g/mol. The monoisotopic (exact) mass is 537 g/mol. The third-order valence-corrected chi connectivity index (χ3v) is 6.54. The Labute approximate surface area is 258 Å². The van der Waals surface area contributed by atoms with Crippen molar-refractivity contribution >= 4 is 47.4 Å². The van der Waals surface area contributed by atoms with Crippen LogP contribution in [0.1, 0.15) is 39.8 Å². The predicted molar refractivity (Wildman–Crippen MR) is 141 cm³/mol. The van der Waals surface area contributed by atoms with Gasteiger partial charge in [-0.15, -0.1) is 35.3 Å². The second-order valence-corrected chi connectivity index (χ2v) is 8.80. The Morgan fingerprint density at radius 1 is 0.794 bits per heavy atom. The first-order valence-electron chi connectivity index (χ1n) is 9.34. The van der Waals surface area contributed by atoms with Gasteiger partial charge in [0.05, 0.1) is 0 Å². The summed E-state index contributed by atoms with van der Waals surface area (Å²) in [6, 6.07) is 22.2. The summed E-state index contributed by atoms with van der Waals surface area (Å²) in [7, 11) is 0. The molecule has 0 amide bonds. The molecule has 0 spiro atoms. The summed E-state index contributed by atoms with van der Waals surface area (Å²) in [5.74, 6) is -0.269. The van der Waals surface area contributed by atoms with Crippen LogP contribution < -0.4 is 51.4 Å². The third kappa shape index (κ3) is 11.7. The third-order valence-electron chi connectivity index (χ3n) is 4.31. The first-order valence-corrected chi connectivity index (χ1v) is 13.0. The van der Waals surface area contributed by atoms with Crippen molar-refractivity contribution in [2.45, 2.75) is 28.2 Å². The zero-order valence-corrected chi connectivity index (χ0v) is 24.6. The fraction of sp³-hybridized carbons (Fsp3) is 0.192. The van der Waals surface area contributed by atoms with Crippen molar-refractivity contribution in [2.75, 3.05) is 18.8 Å². The van der Waals surface area contributed by atoms with Crippen LogP contribution in [-0.2, 0) is 0 Å². The summed E-state index contributed by atoms with van der Waals surface area (Å²) in [4.78, 5) is 25.8. The molecule has 3 rings (SSSR count). The fourth-order valence-corrected chi connectivity index (χ4v) is 3.76. The van der Waals surface area contributed by atoms with Crippen LogP contribution in [0.2, 0.25) is 0 Å². The van der Waals surface area contributed by atoms with E-state index in [9.17, 15) is 14.7 Å². The van der Waals surface area contributed by atoms with Crippen LogP contribution in [-0.4, -0.2) is 35.9 Å². The number of aldehydes is 1. The molecule has 0 aromatic heterocycles. The predicted octanol–water partition coefficient (Wildman–Crippen LogP) is 4.00. The number of aliphatic hydroxyl groups excluding tert-OH is 1. The Morgan fingerprint density at radius 3 is 1.50 bits per heavy atom.